The molecule has 0 aliphatic heterocycles. The molecule has 0 aliphatic carbocycles. The first kappa shape index (κ1) is 15.0. The van der Waals surface area contributed by atoms with Crippen LogP contribution >= 0.6 is 11.6 Å². The van der Waals surface area contributed by atoms with Crippen molar-refractivity contribution in [2.45, 2.75) is 40.0 Å². The molecule has 4 heteroatoms. The van der Waals surface area contributed by atoms with E-state index in [1.165, 1.54) is 5.56 Å². The molecule has 22 heavy (non-hydrogen) atoms. The van der Waals surface area contributed by atoms with Gasteiger partial charge in [0.15, 0.2) is 5.65 Å². The minimum absolute atomic E-state index is 0.122. The van der Waals surface area contributed by atoms with Gasteiger partial charge in [-0.15, -0.1) is 0 Å². The molecule has 0 atom stereocenters. The Balaban J connectivity index is 2.33. The van der Waals surface area contributed by atoms with E-state index in [-0.39, 0.29) is 5.41 Å². The van der Waals surface area contributed by atoms with Gasteiger partial charge >= 0.3 is 0 Å². The maximum Gasteiger partial charge on any atom is 0.175 e. The van der Waals surface area contributed by atoms with Crippen LogP contribution in [0.4, 0.5) is 0 Å². The average Bonchev–Trinajstić information content (AvgIpc) is 2.76. The zero-order valence-electron chi connectivity index (χ0n) is 13.6. The lowest BCUT2D eigenvalue weighted by Gasteiger charge is -2.14. The zero-order valence-corrected chi connectivity index (χ0v) is 14.4. The van der Waals surface area contributed by atoms with Crippen LogP contribution in [0.5, 0.6) is 0 Å². The monoisotopic (exact) mass is 313 g/mol. The van der Waals surface area contributed by atoms with Crippen LogP contribution < -0.4 is 0 Å². The van der Waals surface area contributed by atoms with Gasteiger partial charge in [-0.05, 0) is 19.9 Å². The third kappa shape index (κ3) is 2.50. The van der Waals surface area contributed by atoms with Crippen LogP contribution in [0.15, 0.2) is 30.3 Å². The summed E-state index contributed by atoms with van der Waals surface area (Å²) in [5.74, 6) is 0. The number of benzene rings is 1. The van der Waals surface area contributed by atoms with E-state index in [1.807, 2.05) is 17.5 Å². The lowest BCUT2D eigenvalue weighted by Crippen LogP contribution is -2.12. The Kier molecular flexibility index (Phi) is 3.48. The second kappa shape index (κ2) is 5.10. The van der Waals surface area contributed by atoms with Crippen molar-refractivity contribution in [3.8, 4) is 11.3 Å². The van der Waals surface area contributed by atoms with Crippen molar-refractivity contribution >= 4 is 17.2 Å². The van der Waals surface area contributed by atoms with Crippen molar-refractivity contribution in [3.63, 3.8) is 0 Å². The summed E-state index contributed by atoms with van der Waals surface area (Å²) in [5, 5.41) is 5.39. The Morgan fingerprint density at radius 2 is 1.68 bits per heavy atom. The molecule has 0 fully saturated rings. The van der Waals surface area contributed by atoms with Gasteiger partial charge in [0.2, 0.25) is 0 Å². The summed E-state index contributed by atoms with van der Waals surface area (Å²) in [4.78, 5) is 4.58. The number of fused-ring (bicyclic) bond motifs is 1. The first-order valence-electron chi connectivity index (χ1n) is 7.41. The molecule has 0 spiro atoms. The number of rotatable bonds is 1. The lowest BCUT2D eigenvalue weighted by atomic mass is 9.92. The predicted octanol–water partition coefficient (Wildman–Crippen LogP) is 4.96. The summed E-state index contributed by atoms with van der Waals surface area (Å²) in [6.45, 7) is 10.4. The maximum atomic E-state index is 6.55. The smallest absolute Gasteiger partial charge is 0.175 e. The van der Waals surface area contributed by atoms with E-state index in [1.54, 1.807) is 0 Å². The summed E-state index contributed by atoms with van der Waals surface area (Å²) < 4.78 is 1.86. The normalized spacial score (nSPS) is 12.1. The van der Waals surface area contributed by atoms with Crippen molar-refractivity contribution in [1.29, 1.82) is 0 Å². The molecule has 0 N–H and O–H groups in total. The van der Waals surface area contributed by atoms with Crippen LogP contribution in [0.25, 0.3) is 16.9 Å². The van der Waals surface area contributed by atoms with E-state index in [0.717, 1.165) is 28.3 Å². The average molecular weight is 314 g/mol. The third-order valence-corrected chi connectivity index (χ3v) is 4.07. The van der Waals surface area contributed by atoms with Crippen LogP contribution in [-0.4, -0.2) is 14.6 Å². The van der Waals surface area contributed by atoms with Gasteiger partial charge in [0, 0.05) is 16.7 Å². The number of halogens is 1. The molecule has 0 bridgehead atoms. The minimum atomic E-state index is -0.122. The Hall–Kier alpha value is -1.87. The second-order valence-electron chi connectivity index (χ2n) is 6.80. The molecule has 0 unspecified atom stereocenters. The summed E-state index contributed by atoms with van der Waals surface area (Å²) in [5.41, 5.74) is 5.77. The van der Waals surface area contributed by atoms with E-state index in [2.05, 4.69) is 56.9 Å². The molecular formula is C18H20ClN3. The molecular weight excluding hydrogens is 294 g/mol. The molecule has 0 aliphatic rings. The van der Waals surface area contributed by atoms with Gasteiger partial charge in [-0.1, -0.05) is 62.2 Å². The topological polar surface area (TPSA) is 30.2 Å². The van der Waals surface area contributed by atoms with Gasteiger partial charge in [-0.3, -0.25) is 0 Å². The SMILES string of the molecule is Cc1ccc(-c2cc(C)nc3c(Cl)c(C(C)(C)C)nn23)cc1. The predicted molar refractivity (Wildman–Crippen MR) is 91.6 cm³/mol. The highest BCUT2D eigenvalue weighted by atomic mass is 35.5. The highest BCUT2D eigenvalue weighted by Crippen LogP contribution is 2.33. The molecule has 3 nitrogen and oxygen atoms in total. The summed E-state index contributed by atoms with van der Waals surface area (Å²) in [6.07, 6.45) is 0. The first-order valence-corrected chi connectivity index (χ1v) is 7.78. The Labute approximate surface area is 136 Å². The van der Waals surface area contributed by atoms with Crippen LogP contribution in [-0.2, 0) is 5.41 Å². The van der Waals surface area contributed by atoms with Crippen LogP contribution in [0.1, 0.15) is 37.7 Å². The van der Waals surface area contributed by atoms with Gasteiger partial charge in [-0.2, -0.15) is 5.10 Å². The van der Waals surface area contributed by atoms with Crippen molar-refractivity contribution in [3.05, 3.63) is 52.3 Å². The van der Waals surface area contributed by atoms with Gasteiger partial charge in [0.25, 0.3) is 0 Å². The van der Waals surface area contributed by atoms with E-state index < -0.39 is 0 Å². The number of aromatic nitrogens is 3. The minimum Gasteiger partial charge on any atom is -0.232 e. The highest BCUT2D eigenvalue weighted by Gasteiger charge is 2.25. The molecule has 0 amide bonds. The molecule has 0 radical (unpaired) electrons. The molecule has 0 saturated heterocycles. The fourth-order valence-corrected chi connectivity index (χ4v) is 2.97. The van der Waals surface area contributed by atoms with E-state index >= 15 is 0 Å². The van der Waals surface area contributed by atoms with E-state index in [4.69, 9.17) is 16.7 Å². The van der Waals surface area contributed by atoms with Crippen molar-refractivity contribution in [1.82, 2.24) is 14.6 Å². The summed E-state index contributed by atoms with van der Waals surface area (Å²) >= 11 is 6.55. The highest BCUT2D eigenvalue weighted by molar-refractivity contribution is 6.34. The number of hydrogen-bond donors (Lipinski definition) is 0. The molecule has 1 aromatic carbocycles. The zero-order chi connectivity index (χ0) is 16.1. The molecule has 2 heterocycles. The summed E-state index contributed by atoms with van der Waals surface area (Å²) in [7, 11) is 0. The molecule has 114 valence electrons. The molecule has 3 aromatic rings. The van der Waals surface area contributed by atoms with Crippen molar-refractivity contribution in [2.75, 3.05) is 0 Å². The van der Waals surface area contributed by atoms with Crippen LogP contribution in [0.2, 0.25) is 5.02 Å². The molecule has 2 aromatic heterocycles. The van der Waals surface area contributed by atoms with Gasteiger partial charge in [0.1, 0.15) is 5.02 Å². The van der Waals surface area contributed by atoms with Gasteiger partial charge < -0.3 is 0 Å². The third-order valence-electron chi connectivity index (χ3n) is 3.72. The fraction of sp³-hybridized carbons (Fsp3) is 0.333. The van der Waals surface area contributed by atoms with Crippen molar-refractivity contribution < 1.29 is 0 Å². The summed E-state index contributed by atoms with van der Waals surface area (Å²) in [6, 6.07) is 10.5. The number of nitrogens with zero attached hydrogens (tertiary/aromatic N) is 3. The Morgan fingerprint density at radius 1 is 1.05 bits per heavy atom. The quantitative estimate of drug-likeness (QED) is 0.635. The Morgan fingerprint density at radius 3 is 2.27 bits per heavy atom. The molecule has 0 saturated carbocycles. The van der Waals surface area contributed by atoms with Gasteiger partial charge in [-0.25, -0.2) is 9.50 Å². The van der Waals surface area contributed by atoms with E-state index in [0.29, 0.717) is 5.02 Å². The van der Waals surface area contributed by atoms with Crippen molar-refractivity contribution in [2.24, 2.45) is 0 Å². The van der Waals surface area contributed by atoms with E-state index in [9.17, 15) is 0 Å². The largest absolute Gasteiger partial charge is 0.232 e. The maximum absolute atomic E-state index is 6.55. The first-order chi connectivity index (χ1) is 10.3. The van der Waals surface area contributed by atoms with Gasteiger partial charge in [0.05, 0.1) is 11.4 Å². The standard InChI is InChI=1S/C18H20ClN3/c1-11-6-8-13(9-7-11)14-10-12(2)20-17-15(19)16(18(3,4)5)21-22(14)17/h6-10H,1-5H3. The molecule has 3 rings (SSSR count). The number of hydrogen-bond acceptors (Lipinski definition) is 2. The Bertz CT molecular complexity index is 839. The number of aryl methyl sites for hydroxylation is 2. The van der Waals surface area contributed by atoms with Crippen LogP contribution in [0.3, 0.4) is 0 Å². The van der Waals surface area contributed by atoms with Crippen LogP contribution in [0, 0.1) is 13.8 Å². The lowest BCUT2D eigenvalue weighted by molar-refractivity contribution is 0.563. The fourth-order valence-electron chi connectivity index (χ4n) is 2.52. The second-order valence-corrected chi connectivity index (χ2v) is 7.17.